The van der Waals surface area contributed by atoms with Gasteiger partial charge in [0, 0.05) is 35.9 Å². The molecule has 148 valence electrons. The monoisotopic (exact) mass is 407 g/mol. The van der Waals surface area contributed by atoms with Crippen molar-refractivity contribution in [3.8, 4) is 0 Å². The van der Waals surface area contributed by atoms with Crippen LogP contribution in [-0.2, 0) is 17.9 Å². The van der Waals surface area contributed by atoms with Crippen LogP contribution in [0.2, 0.25) is 0 Å². The van der Waals surface area contributed by atoms with Crippen molar-refractivity contribution < 1.29 is 4.79 Å². The van der Waals surface area contributed by atoms with Crippen molar-refractivity contribution in [2.45, 2.75) is 33.4 Å². The van der Waals surface area contributed by atoms with E-state index in [1.54, 1.807) is 6.20 Å². The summed E-state index contributed by atoms with van der Waals surface area (Å²) in [5.41, 5.74) is 2.65. The number of thiophene rings is 1. The molecule has 3 aromatic heterocycles. The van der Waals surface area contributed by atoms with Gasteiger partial charge in [-0.1, -0.05) is 12.1 Å². The quantitative estimate of drug-likeness (QED) is 0.531. The Bertz CT molecular complexity index is 1220. The van der Waals surface area contributed by atoms with Crippen LogP contribution in [0.25, 0.3) is 10.2 Å². The average Bonchev–Trinajstić information content (AvgIpc) is 3.30. The second-order valence-corrected chi connectivity index (χ2v) is 8.11. The summed E-state index contributed by atoms with van der Waals surface area (Å²) in [4.78, 5) is 31.3. The van der Waals surface area contributed by atoms with E-state index in [-0.39, 0.29) is 24.4 Å². The van der Waals surface area contributed by atoms with Crippen molar-refractivity contribution in [1.29, 1.82) is 0 Å². The maximum absolute atomic E-state index is 12.7. The lowest BCUT2D eigenvalue weighted by Crippen LogP contribution is -2.23. The first-order valence-corrected chi connectivity index (χ1v) is 10.1. The Kier molecular flexibility index (Phi) is 5.26. The standard InChI is InChI=1S/C21H21N5O2S/c1-14-15(2)29-20-19(14)21(28)25(13-22-20)10-7-18(27)24-17-6-3-5-16(11-17)12-26-9-4-8-23-26/h3-6,8-9,11,13H,7,10,12H2,1-2H3,(H,24,27). The number of carbonyl (C=O) groups excluding carboxylic acids is 1. The van der Waals surface area contributed by atoms with Crippen molar-refractivity contribution in [1.82, 2.24) is 19.3 Å². The van der Waals surface area contributed by atoms with E-state index in [1.807, 2.05) is 55.1 Å². The third-order valence-corrected chi connectivity index (χ3v) is 5.97. The SMILES string of the molecule is Cc1sc2ncn(CCC(=O)Nc3cccc(Cn4cccn4)c3)c(=O)c2c1C. The molecule has 4 rings (SSSR count). The van der Waals surface area contributed by atoms with E-state index in [4.69, 9.17) is 0 Å². The number of fused-ring (bicyclic) bond motifs is 1. The van der Waals surface area contributed by atoms with Gasteiger partial charge in [-0.3, -0.25) is 18.8 Å². The van der Waals surface area contributed by atoms with Crippen molar-refractivity contribution in [2.75, 3.05) is 5.32 Å². The maximum Gasteiger partial charge on any atom is 0.262 e. The number of nitrogens with zero attached hydrogens (tertiary/aromatic N) is 4. The number of nitrogens with one attached hydrogen (secondary N) is 1. The molecule has 0 aliphatic rings. The zero-order valence-electron chi connectivity index (χ0n) is 16.3. The number of anilines is 1. The van der Waals surface area contributed by atoms with Gasteiger partial charge in [-0.25, -0.2) is 4.98 Å². The largest absolute Gasteiger partial charge is 0.326 e. The van der Waals surface area contributed by atoms with Gasteiger partial charge in [0.05, 0.1) is 18.3 Å². The summed E-state index contributed by atoms with van der Waals surface area (Å²) in [6.45, 7) is 4.84. The highest BCUT2D eigenvalue weighted by Gasteiger charge is 2.13. The molecule has 0 fully saturated rings. The molecule has 29 heavy (non-hydrogen) atoms. The molecule has 8 heteroatoms. The lowest BCUT2D eigenvalue weighted by molar-refractivity contribution is -0.116. The van der Waals surface area contributed by atoms with Crippen LogP contribution < -0.4 is 10.9 Å². The van der Waals surface area contributed by atoms with Crippen LogP contribution >= 0.6 is 11.3 Å². The van der Waals surface area contributed by atoms with Gasteiger partial charge in [0.2, 0.25) is 5.91 Å². The number of carbonyl (C=O) groups is 1. The highest BCUT2D eigenvalue weighted by molar-refractivity contribution is 7.18. The molecule has 1 aromatic carbocycles. The first kappa shape index (κ1) is 19.1. The van der Waals surface area contributed by atoms with Gasteiger partial charge in [-0.15, -0.1) is 11.3 Å². The first-order valence-electron chi connectivity index (χ1n) is 9.32. The molecule has 0 spiro atoms. The van der Waals surface area contributed by atoms with Gasteiger partial charge in [0.15, 0.2) is 0 Å². The Morgan fingerprint density at radius 3 is 2.90 bits per heavy atom. The molecule has 1 N–H and O–H groups in total. The lowest BCUT2D eigenvalue weighted by Gasteiger charge is -2.09. The van der Waals surface area contributed by atoms with E-state index in [0.29, 0.717) is 11.9 Å². The third kappa shape index (κ3) is 4.12. The summed E-state index contributed by atoms with van der Waals surface area (Å²) in [6.07, 6.45) is 5.35. The summed E-state index contributed by atoms with van der Waals surface area (Å²) in [5, 5.41) is 7.75. The molecule has 0 saturated carbocycles. The van der Waals surface area contributed by atoms with Gasteiger partial charge in [-0.2, -0.15) is 5.10 Å². The Morgan fingerprint density at radius 2 is 2.10 bits per heavy atom. The molecule has 0 bridgehead atoms. The van der Waals surface area contributed by atoms with E-state index < -0.39 is 0 Å². The van der Waals surface area contributed by atoms with Crippen LogP contribution in [0.1, 0.15) is 22.4 Å². The number of hydrogen-bond acceptors (Lipinski definition) is 5. The van der Waals surface area contributed by atoms with Crippen LogP contribution in [0.15, 0.2) is 53.8 Å². The summed E-state index contributed by atoms with van der Waals surface area (Å²) in [6, 6.07) is 9.54. The zero-order chi connectivity index (χ0) is 20.4. The van der Waals surface area contributed by atoms with Crippen molar-refractivity contribution in [2.24, 2.45) is 0 Å². The molecule has 7 nitrogen and oxygen atoms in total. The highest BCUT2D eigenvalue weighted by Crippen LogP contribution is 2.25. The van der Waals surface area contributed by atoms with Gasteiger partial charge in [0.25, 0.3) is 5.56 Å². The van der Waals surface area contributed by atoms with Crippen LogP contribution in [0, 0.1) is 13.8 Å². The highest BCUT2D eigenvalue weighted by atomic mass is 32.1. The fourth-order valence-electron chi connectivity index (χ4n) is 3.20. The lowest BCUT2D eigenvalue weighted by atomic mass is 10.2. The number of aryl methyl sites for hydroxylation is 3. The van der Waals surface area contributed by atoms with Gasteiger partial charge >= 0.3 is 0 Å². The van der Waals surface area contributed by atoms with E-state index in [0.717, 1.165) is 26.5 Å². The minimum Gasteiger partial charge on any atom is -0.326 e. The molecule has 0 aliphatic heterocycles. The average molecular weight is 407 g/mol. The molecular formula is C21H21N5O2S. The fourth-order valence-corrected chi connectivity index (χ4v) is 4.19. The molecule has 4 aromatic rings. The van der Waals surface area contributed by atoms with Crippen molar-refractivity contribution in [3.05, 3.63) is 75.4 Å². The topological polar surface area (TPSA) is 81.8 Å². The van der Waals surface area contributed by atoms with Crippen LogP contribution in [0.3, 0.4) is 0 Å². The number of benzene rings is 1. The summed E-state index contributed by atoms with van der Waals surface area (Å²) in [7, 11) is 0. The second-order valence-electron chi connectivity index (χ2n) is 6.91. The molecule has 0 aliphatic carbocycles. The Morgan fingerprint density at radius 1 is 1.24 bits per heavy atom. The molecular weight excluding hydrogens is 386 g/mol. The Balaban J connectivity index is 1.42. The smallest absolute Gasteiger partial charge is 0.262 e. The molecule has 0 unspecified atom stereocenters. The normalized spacial score (nSPS) is 11.1. The Hall–Kier alpha value is -3.26. The zero-order valence-corrected chi connectivity index (χ0v) is 17.1. The van der Waals surface area contributed by atoms with E-state index in [2.05, 4.69) is 15.4 Å². The van der Waals surface area contributed by atoms with Crippen LogP contribution in [0.4, 0.5) is 5.69 Å². The number of aromatic nitrogens is 4. The van der Waals surface area contributed by atoms with Gasteiger partial charge < -0.3 is 5.32 Å². The number of hydrogen-bond donors (Lipinski definition) is 1. The van der Waals surface area contributed by atoms with Crippen LogP contribution in [-0.4, -0.2) is 25.2 Å². The van der Waals surface area contributed by atoms with Gasteiger partial charge in [-0.05, 0) is 43.2 Å². The number of amides is 1. The van der Waals surface area contributed by atoms with Crippen molar-refractivity contribution in [3.63, 3.8) is 0 Å². The molecule has 0 radical (unpaired) electrons. The first-order chi connectivity index (χ1) is 14.0. The van der Waals surface area contributed by atoms with E-state index >= 15 is 0 Å². The molecule has 0 atom stereocenters. The van der Waals surface area contributed by atoms with Crippen LogP contribution in [0.5, 0.6) is 0 Å². The van der Waals surface area contributed by atoms with Gasteiger partial charge in [0.1, 0.15) is 4.83 Å². The Labute approximate surface area is 171 Å². The minimum atomic E-state index is -0.147. The predicted molar refractivity (Wildman–Crippen MR) is 114 cm³/mol. The summed E-state index contributed by atoms with van der Waals surface area (Å²) >= 11 is 1.52. The summed E-state index contributed by atoms with van der Waals surface area (Å²) < 4.78 is 3.33. The molecule has 3 heterocycles. The van der Waals surface area contributed by atoms with E-state index in [9.17, 15) is 9.59 Å². The molecule has 1 amide bonds. The minimum absolute atomic E-state index is 0.0918. The second kappa shape index (κ2) is 8.00. The third-order valence-electron chi connectivity index (χ3n) is 4.85. The number of rotatable bonds is 6. The predicted octanol–water partition coefficient (Wildman–Crippen LogP) is 3.35. The fraction of sp³-hybridized carbons (Fsp3) is 0.238. The van der Waals surface area contributed by atoms with Crippen molar-refractivity contribution >= 4 is 33.1 Å². The van der Waals surface area contributed by atoms with E-state index in [1.165, 1.54) is 22.2 Å². The summed E-state index contributed by atoms with van der Waals surface area (Å²) in [5.74, 6) is -0.147. The maximum atomic E-state index is 12.7. The molecule has 0 saturated heterocycles.